The smallest absolute Gasteiger partial charge is 0.335 e. The third-order valence-electron chi connectivity index (χ3n) is 4.79. The topological polar surface area (TPSA) is 67.8 Å². The van der Waals surface area contributed by atoms with Crippen molar-refractivity contribution in [2.45, 2.75) is 13.0 Å². The van der Waals surface area contributed by atoms with Gasteiger partial charge in [0.15, 0.2) is 0 Å². The van der Waals surface area contributed by atoms with Crippen LogP contribution in [0.15, 0.2) is 72.3 Å². The Morgan fingerprint density at radius 1 is 1.07 bits per heavy atom. The van der Waals surface area contributed by atoms with E-state index >= 15 is 0 Å². The zero-order valence-corrected chi connectivity index (χ0v) is 17.3. The molecule has 1 atom stereocenters. The number of benzene rings is 3. The monoisotopic (exact) mass is 405 g/mol. The molecule has 156 valence electrons. The first kappa shape index (κ1) is 21.6. The van der Waals surface area contributed by atoms with Gasteiger partial charge in [-0.05, 0) is 41.6 Å². The molecular formula is C25H27NO4. The maximum atomic E-state index is 11.1. The maximum Gasteiger partial charge on any atom is 0.335 e. The van der Waals surface area contributed by atoms with Crippen molar-refractivity contribution >= 4 is 22.8 Å². The fraction of sp³-hybridized carbons (Fsp3) is 0.240. The predicted octanol–water partition coefficient (Wildman–Crippen LogP) is 4.62. The van der Waals surface area contributed by atoms with Gasteiger partial charge in [-0.25, -0.2) is 4.79 Å². The van der Waals surface area contributed by atoms with Crippen molar-refractivity contribution in [3.05, 3.63) is 83.4 Å². The number of carbonyl (C=O) groups is 1. The summed E-state index contributed by atoms with van der Waals surface area (Å²) in [5.41, 5.74) is 2.25. The minimum Gasteiger partial charge on any atom is -0.489 e. The van der Waals surface area contributed by atoms with E-state index in [-0.39, 0.29) is 11.6 Å². The number of carboxylic acids is 1. The second kappa shape index (κ2) is 10.6. The van der Waals surface area contributed by atoms with Gasteiger partial charge in [-0.1, -0.05) is 54.6 Å². The third kappa shape index (κ3) is 5.92. The van der Waals surface area contributed by atoms with Crippen LogP contribution in [-0.4, -0.2) is 44.0 Å². The number of methoxy groups -OCH3 is 1. The molecule has 0 aliphatic heterocycles. The van der Waals surface area contributed by atoms with Gasteiger partial charge in [-0.15, -0.1) is 0 Å². The Kier molecular flexibility index (Phi) is 7.60. The first-order valence-electron chi connectivity index (χ1n) is 9.92. The van der Waals surface area contributed by atoms with Crippen molar-refractivity contribution in [3.8, 4) is 5.75 Å². The molecule has 0 saturated heterocycles. The van der Waals surface area contributed by atoms with Gasteiger partial charge in [0.1, 0.15) is 12.4 Å². The lowest BCUT2D eigenvalue weighted by Crippen LogP contribution is -2.32. The molecule has 3 aromatic carbocycles. The van der Waals surface area contributed by atoms with Gasteiger partial charge in [0.2, 0.25) is 0 Å². The molecule has 3 aromatic rings. The van der Waals surface area contributed by atoms with E-state index in [2.05, 4.69) is 30.4 Å². The predicted molar refractivity (Wildman–Crippen MR) is 120 cm³/mol. The zero-order chi connectivity index (χ0) is 21.3. The number of nitrogens with one attached hydrogen (secondary N) is 1. The van der Waals surface area contributed by atoms with E-state index < -0.39 is 5.97 Å². The summed E-state index contributed by atoms with van der Waals surface area (Å²) in [4.78, 5) is 11.1. The molecule has 0 aliphatic rings. The molecule has 0 spiro atoms. The van der Waals surface area contributed by atoms with Crippen molar-refractivity contribution in [3.63, 3.8) is 0 Å². The Labute approximate surface area is 176 Å². The molecule has 30 heavy (non-hydrogen) atoms. The first-order chi connectivity index (χ1) is 14.6. The van der Waals surface area contributed by atoms with Gasteiger partial charge >= 0.3 is 5.97 Å². The van der Waals surface area contributed by atoms with E-state index in [4.69, 9.17) is 14.6 Å². The SMILES string of the molecule is COCC(C)NCC(=Cc1ccc(C(=O)O)cc1)COc1cccc2ccccc12. The van der Waals surface area contributed by atoms with Crippen molar-refractivity contribution < 1.29 is 19.4 Å². The normalized spacial score (nSPS) is 12.7. The Morgan fingerprint density at radius 3 is 2.53 bits per heavy atom. The van der Waals surface area contributed by atoms with Crippen molar-refractivity contribution in [2.24, 2.45) is 0 Å². The van der Waals surface area contributed by atoms with E-state index in [0.717, 1.165) is 27.7 Å². The minimum atomic E-state index is -0.930. The van der Waals surface area contributed by atoms with E-state index in [1.807, 2.05) is 30.3 Å². The Balaban J connectivity index is 1.78. The summed E-state index contributed by atoms with van der Waals surface area (Å²) in [5, 5.41) is 14.7. The molecule has 5 nitrogen and oxygen atoms in total. The Hall–Kier alpha value is -3.15. The van der Waals surface area contributed by atoms with Crippen molar-refractivity contribution in [1.82, 2.24) is 5.32 Å². The van der Waals surface area contributed by atoms with Crippen molar-refractivity contribution in [1.29, 1.82) is 0 Å². The number of fused-ring (bicyclic) bond motifs is 1. The Morgan fingerprint density at radius 2 is 1.80 bits per heavy atom. The van der Waals surface area contributed by atoms with Gasteiger partial charge in [0.25, 0.3) is 0 Å². The molecule has 2 N–H and O–H groups in total. The summed E-state index contributed by atoms with van der Waals surface area (Å²) in [5.74, 6) is -0.0923. The second-order valence-electron chi connectivity index (χ2n) is 7.23. The van der Waals surface area contributed by atoms with Crippen LogP contribution in [0.5, 0.6) is 5.75 Å². The van der Waals surface area contributed by atoms with Crippen LogP contribution in [0.1, 0.15) is 22.8 Å². The fourth-order valence-corrected chi connectivity index (χ4v) is 3.21. The fourth-order valence-electron chi connectivity index (χ4n) is 3.21. The standard InChI is InChI=1S/C25H27NO4/c1-18(16-29-2)26-15-20(14-19-10-12-22(13-11-19)25(27)28)17-30-24-9-5-7-21-6-3-4-8-23(21)24/h3-14,18,26H,15-17H2,1-2H3,(H,27,28). The lowest BCUT2D eigenvalue weighted by Gasteiger charge is -2.16. The van der Waals surface area contributed by atoms with Crippen LogP contribution in [0, 0.1) is 0 Å². The lowest BCUT2D eigenvalue weighted by atomic mass is 10.1. The van der Waals surface area contributed by atoms with Crippen LogP contribution in [0.2, 0.25) is 0 Å². The summed E-state index contributed by atoms with van der Waals surface area (Å²) < 4.78 is 11.4. The van der Waals surface area contributed by atoms with E-state index in [1.54, 1.807) is 31.4 Å². The Bertz CT molecular complexity index is 1010. The van der Waals surface area contributed by atoms with Gasteiger partial charge in [0, 0.05) is 25.1 Å². The summed E-state index contributed by atoms with van der Waals surface area (Å²) in [6.45, 7) is 3.73. The molecule has 3 rings (SSSR count). The number of carboxylic acid groups (broad SMARTS) is 1. The van der Waals surface area contributed by atoms with Gasteiger partial charge in [0.05, 0.1) is 12.2 Å². The summed E-state index contributed by atoms with van der Waals surface area (Å²) in [7, 11) is 1.68. The molecule has 0 bridgehead atoms. The highest BCUT2D eigenvalue weighted by Crippen LogP contribution is 2.25. The van der Waals surface area contributed by atoms with Crippen LogP contribution in [-0.2, 0) is 4.74 Å². The molecule has 5 heteroatoms. The molecule has 0 amide bonds. The first-order valence-corrected chi connectivity index (χ1v) is 9.92. The van der Waals surface area contributed by atoms with Crippen molar-refractivity contribution in [2.75, 3.05) is 26.9 Å². The third-order valence-corrected chi connectivity index (χ3v) is 4.79. The molecule has 0 heterocycles. The highest BCUT2D eigenvalue weighted by Gasteiger charge is 2.07. The lowest BCUT2D eigenvalue weighted by molar-refractivity contribution is 0.0697. The highest BCUT2D eigenvalue weighted by atomic mass is 16.5. The molecule has 0 aromatic heterocycles. The largest absolute Gasteiger partial charge is 0.489 e. The molecule has 0 radical (unpaired) electrons. The number of hydrogen-bond acceptors (Lipinski definition) is 4. The number of rotatable bonds is 10. The molecule has 0 saturated carbocycles. The summed E-state index contributed by atoms with van der Waals surface area (Å²) in [6, 6.07) is 21.2. The van der Waals surface area contributed by atoms with Gasteiger partial charge < -0.3 is 19.9 Å². The number of ether oxygens (including phenoxy) is 2. The van der Waals surface area contributed by atoms with Gasteiger partial charge in [-0.2, -0.15) is 0 Å². The van der Waals surface area contributed by atoms with Crippen LogP contribution in [0.4, 0.5) is 0 Å². The van der Waals surface area contributed by atoms with Crippen LogP contribution in [0.25, 0.3) is 16.8 Å². The summed E-state index contributed by atoms with van der Waals surface area (Å²) >= 11 is 0. The molecular weight excluding hydrogens is 378 g/mol. The zero-order valence-electron chi connectivity index (χ0n) is 17.3. The van der Waals surface area contributed by atoms with Crippen LogP contribution >= 0.6 is 0 Å². The number of aromatic carboxylic acids is 1. The number of hydrogen-bond donors (Lipinski definition) is 2. The molecule has 0 aliphatic carbocycles. The minimum absolute atomic E-state index is 0.199. The van der Waals surface area contributed by atoms with Crippen LogP contribution < -0.4 is 10.1 Å². The maximum absolute atomic E-state index is 11.1. The second-order valence-corrected chi connectivity index (χ2v) is 7.23. The highest BCUT2D eigenvalue weighted by molar-refractivity contribution is 5.88. The van der Waals surface area contributed by atoms with E-state index in [1.165, 1.54) is 0 Å². The summed E-state index contributed by atoms with van der Waals surface area (Å²) in [6.07, 6.45) is 2.03. The quantitative estimate of drug-likeness (QED) is 0.515. The van der Waals surface area contributed by atoms with Gasteiger partial charge in [-0.3, -0.25) is 0 Å². The molecule has 0 fully saturated rings. The van der Waals surface area contributed by atoms with E-state index in [0.29, 0.717) is 19.8 Å². The van der Waals surface area contributed by atoms with E-state index in [9.17, 15) is 4.79 Å². The molecule has 1 unspecified atom stereocenters. The average Bonchev–Trinajstić information content (AvgIpc) is 2.76. The average molecular weight is 405 g/mol. The van der Waals surface area contributed by atoms with Crippen LogP contribution in [0.3, 0.4) is 0 Å².